The fourth-order valence-electron chi connectivity index (χ4n) is 7.77. The molecule has 4 aliphatic carbocycles. The average molecular weight is 434 g/mol. The lowest BCUT2D eigenvalue weighted by molar-refractivity contribution is -0.125. The van der Waals surface area contributed by atoms with Crippen molar-refractivity contribution in [2.24, 2.45) is 39.6 Å². The standard InChI is InChI=1S/C26H31N3O3/c1-25-13-12-20-18(9-8-17-14-22(30)21(28-29-27)15-26(17,20)2)19(25)10-11-23(25)32-24(31)16-6-4-3-5-7-16/h3-7,15,17-20,23H,8-14H2,1-2H3/t17-,18-,19-,20-,23-,25-,26-/m0/s1. The third-order valence-corrected chi connectivity index (χ3v) is 9.45. The van der Waals surface area contributed by atoms with Gasteiger partial charge in [-0.1, -0.05) is 43.2 Å². The molecule has 0 saturated heterocycles. The van der Waals surface area contributed by atoms with Crippen molar-refractivity contribution in [1.29, 1.82) is 0 Å². The lowest BCUT2D eigenvalue weighted by Crippen LogP contribution is -2.53. The molecular weight excluding hydrogens is 402 g/mol. The smallest absolute Gasteiger partial charge is 0.338 e. The summed E-state index contributed by atoms with van der Waals surface area (Å²) in [4.78, 5) is 28.1. The highest BCUT2D eigenvalue weighted by Crippen LogP contribution is 2.65. The number of ether oxygens (including phenoxy) is 1. The molecule has 0 amide bonds. The molecule has 0 aliphatic heterocycles. The van der Waals surface area contributed by atoms with Gasteiger partial charge in [0.2, 0.25) is 0 Å². The predicted molar refractivity (Wildman–Crippen MR) is 120 cm³/mol. The van der Waals surface area contributed by atoms with Gasteiger partial charge in [0, 0.05) is 16.7 Å². The van der Waals surface area contributed by atoms with E-state index in [0.29, 0.717) is 41.4 Å². The van der Waals surface area contributed by atoms with Crippen LogP contribution in [0.15, 0.2) is 47.2 Å². The highest BCUT2D eigenvalue weighted by molar-refractivity contribution is 5.96. The van der Waals surface area contributed by atoms with Crippen LogP contribution in [0.25, 0.3) is 10.4 Å². The van der Waals surface area contributed by atoms with E-state index in [4.69, 9.17) is 10.3 Å². The molecule has 0 bridgehead atoms. The first-order valence-corrected chi connectivity index (χ1v) is 11.9. The molecule has 7 atom stereocenters. The van der Waals surface area contributed by atoms with Crippen molar-refractivity contribution >= 4 is 11.8 Å². The number of hydrogen-bond acceptors (Lipinski definition) is 4. The molecule has 1 aromatic carbocycles. The summed E-state index contributed by atoms with van der Waals surface area (Å²) in [6.07, 6.45) is 8.68. The van der Waals surface area contributed by atoms with Gasteiger partial charge in [0.15, 0.2) is 5.78 Å². The minimum absolute atomic E-state index is 0.00333. The van der Waals surface area contributed by atoms with Crippen molar-refractivity contribution in [3.05, 3.63) is 58.1 Å². The Labute approximate surface area is 189 Å². The Morgan fingerprint density at radius 1 is 1.09 bits per heavy atom. The number of benzene rings is 1. The molecular formula is C26H31N3O3. The number of hydrogen-bond donors (Lipinski definition) is 0. The number of nitrogens with zero attached hydrogens (tertiary/aromatic N) is 3. The Bertz CT molecular complexity index is 1010. The van der Waals surface area contributed by atoms with Crippen LogP contribution in [0.5, 0.6) is 0 Å². The molecule has 3 fully saturated rings. The third kappa shape index (κ3) is 3.19. The van der Waals surface area contributed by atoms with Crippen LogP contribution in [-0.4, -0.2) is 17.9 Å². The molecule has 1 aromatic rings. The largest absolute Gasteiger partial charge is 0.458 e. The Kier molecular flexibility index (Phi) is 5.16. The Hall–Kier alpha value is -2.59. The van der Waals surface area contributed by atoms with Crippen molar-refractivity contribution in [3.8, 4) is 0 Å². The second-order valence-corrected chi connectivity index (χ2v) is 10.7. The zero-order valence-corrected chi connectivity index (χ0v) is 18.9. The van der Waals surface area contributed by atoms with Crippen molar-refractivity contribution in [2.45, 2.75) is 64.9 Å². The van der Waals surface area contributed by atoms with Gasteiger partial charge >= 0.3 is 5.97 Å². The van der Waals surface area contributed by atoms with Gasteiger partial charge in [-0.2, -0.15) is 0 Å². The summed E-state index contributed by atoms with van der Waals surface area (Å²) in [7, 11) is 0. The SMILES string of the molecule is C[C@]12C=C(N=[N+]=[N-])C(=O)C[C@@H]1CC[C@@H]1[C@@H]2CC[C@]2(C)[C@@H](OC(=O)c3ccccc3)CC[C@@H]12. The van der Waals surface area contributed by atoms with E-state index in [1.165, 1.54) is 0 Å². The number of azide groups is 1. The van der Waals surface area contributed by atoms with E-state index in [2.05, 4.69) is 23.9 Å². The van der Waals surface area contributed by atoms with Gasteiger partial charge in [-0.05, 0) is 85.3 Å². The summed E-state index contributed by atoms with van der Waals surface area (Å²) in [5, 5.41) is 3.73. The maximum Gasteiger partial charge on any atom is 0.338 e. The lowest BCUT2D eigenvalue weighted by atomic mass is 9.46. The number of Topliss-reactive ketones (excluding diaryl/α,β-unsaturated/α-hetero) is 1. The molecule has 0 N–H and O–H groups in total. The van der Waals surface area contributed by atoms with Crippen LogP contribution in [0.3, 0.4) is 0 Å². The molecule has 32 heavy (non-hydrogen) atoms. The molecule has 0 unspecified atom stereocenters. The molecule has 168 valence electrons. The molecule has 6 heteroatoms. The van der Waals surface area contributed by atoms with E-state index in [1.54, 1.807) is 0 Å². The maximum atomic E-state index is 12.8. The molecule has 0 spiro atoms. The van der Waals surface area contributed by atoms with Gasteiger partial charge in [0.1, 0.15) is 6.10 Å². The van der Waals surface area contributed by atoms with E-state index < -0.39 is 0 Å². The Morgan fingerprint density at radius 3 is 2.62 bits per heavy atom. The molecule has 0 heterocycles. The molecule has 3 saturated carbocycles. The summed E-state index contributed by atoms with van der Waals surface area (Å²) in [6, 6.07) is 9.27. The Balaban J connectivity index is 1.39. The third-order valence-electron chi connectivity index (χ3n) is 9.45. The highest BCUT2D eigenvalue weighted by atomic mass is 16.5. The van der Waals surface area contributed by atoms with Gasteiger partial charge in [0.05, 0.1) is 11.3 Å². The summed E-state index contributed by atoms with van der Waals surface area (Å²) in [5.74, 6) is 1.63. The molecule has 4 aliphatic rings. The normalized spacial score (nSPS) is 40.2. The van der Waals surface area contributed by atoms with Gasteiger partial charge in [-0.25, -0.2) is 4.79 Å². The van der Waals surface area contributed by atoms with Crippen LogP contribution < -0.4 is 0 Å². The van der Waals surface area contributed by atoms with Crippen LogP contribution in [0.4, 0.5) is 0 Å². The quantitative estimate of drug-likeness (QED) is 0.244. The van der Waals surface area contributed by atoms with E-state index in [0.717, 1.165) is 38.5 Å². The van der Waals surface area contributed by atoms with Gasteiger partial charge in [-0.15, -0.1) is 0 Å². The van der Waals surface area contributed by atoms with E-state index in [1.807, 2.05) is 36.4 Å². The zero-order chi connectivity index (χ0) is 22.5. The monoisotopic (exact) mass is 433 g/mol. The van der Waals surface area contributed by atoms with Crippen LogP contribution in [0.2, 0.25) is 0 Å². The first-order valence-electron chi connectivity index (χ1n) is 11.9. The van der Waals surface area contributed by atoms with Crippen LogP contribution in [-0.2, 0) is 9.53 Å². The second kappa shape index (κ2) is 7.77. The van der Waals surface area contributed by atoms with Crippen molar-refractivity contribution in [2.75, 3.05) is 0 Å². The number of esters is 1. The number of carbonyl (C=O) groups excluding carboxylic acids is 2. The van der Waals surface area contributed by atoms with Gasteiger partial charge in [-0.3, -0.25) is 4.79 Å². The minimum Gasteiger partial charge on any atom is -0.458 e. The molecule has 0 aromatic heterocycles. The number of fused-ring (bicyclic) bond motifs is 5. The first-order chi connectivity index (χ1) is 15.4. The van der Waals surface area contributed by atoms with Crippen LogP contribution in [0, 0.1) is 34.5 Å². The van der Waals surface area contributed by atoms with Crippen molar-refractivity contribution in [1.82, 2.24) is 0 Å². The second-order valence-electron chi connectivity index (χ2n) is 10.7. The fraction of sp³-hybridized carbons (Fsp3) is 0.615. The molecule has 5 rings (SSSR count). The highest BCUT2D eigenvalue weighted by Gasteiger charge is 2.60. The topological polar surface area (TPSA) is 92.1 Å². The van der Waals surface area contributed by atoms with E-state index >= 15 is 0 Å². The summed E-state index contributed by atoms with van der Waals surface area (Å²) in [6.45, 7) is 4.60. The van der Waals surface area contributed by atoms with Gasteiger partial charge < -0.3 is 4.74 Å². The van der Waals surface area contributed by atoms with E-state index in [-0.39, 0.29) is 28.7 Å². The maximum absolute atomic E-state index is 12.8. The Morgan fingerprint density at radius 2 is 1.88 bits per heavy atom. The minimum atomic E-state index is -0.219. The number of carbonyl (C=O) groups is 2. The number of ketones is 1. The molecule has 6 nitrogen and oxygen atoms in total. The molecule has 0 radical (unpaired) electrons. The average Bonchev–Trinajstić information content (AvgIpc) is 3.11. The summed E-state index contributed by atoms with van der Waals surface area (Å²) in [5.41, 5.74) is 9.72. The number of rotatable bonds is 3. The summed E-state index contributed by atoms with van der Waals surface area (Å²) >= 11 is 0. The van der Waals surface area contributed by atoms with Crippen LogP contribution in [0.1, 0.15) is 69.2 Å². The van der Waals surface area contributed by atoms with Crippen LogP contribution >= 0.6 is 0 Å². The van der Waals surface area contributed by atoms with Gasteiger partial charge in [0.25, 0.3) is 0 Å². The van der Waals surface area contributed by atoms with Crippen molar-refractivity contribution in [3.63, 3.8) is 0 Å². The van der Waals surface area contributed by atoms with E-state index in [9.17, 15) is 9.59 Å². The lowest BCUT2D eigenvalue weighted by Gasteiger charge is -2.58. The predicted octanol–water partition coefficient (Wildman–Crippen LogP) is 6.24. The fourth-order valence-corrected chi connectivity index (χ4v) is 7.77. The number of allylic oxidation sites excluding steroid dienone is 2. The van der Waals surface area contributed by atoms with Crippen molar-refractivity contribution < 1.29 is 14.3 Å². The zero-order valence-electron chi connectivity index (χ0n) is 18.9. The first kappa shape index (κ1) is 21.3. The summed E-state index contributed by atoms with van der Waals surface area (Å²) < 4.78 is 6.09.